The number of nitrogens with one attached hydrogen (secondary N) is 1. The maximum absolute atomic E-state index is 12.5. The molecule has 8 nitrogen and oxygen atoms in total. The number of nitrogens with zero attached hydrogens (tertiary/aromatic N) is 4. The molecule has 0 aliphatic carbocycles. The lowest BCUT2D eigenvalue weighted by Crippen LogP contribution is -2.41. The van der Waals surface area contributed by atoms with Crippen molar-refractivity contribution in [3.05, 3.63) is 23.8 Å². The number of morpholine rings is 1. The minimum atomic E-state index is -0.294. The summed E-state index contributed by atoms with van der Waals surface area (Å²) in [6, 6.07) is 5.63. The fourth-order valence-electron chi connectivity index (χ4n) is 3.79. The third-order valence-electron chi connectivity index (χ3n) is 5.38. The quantitative estimate of drug-likeness (QED) is 0.780. The van der Waals surface area contributed by atoms with Crippen molar-refractivity contribution in [2.45, 2.75) is 12.5 Å². The Bertz CT molecular complexity index is 815. The molecule has 2 N–H and O–H groups in total. The van der Waals surface area contributed by atoms with Gasteiger partial charge in [0.25, 0.3) is 5.91 Å². The molecule has 4 rings (SSSR count). The summed E-state index contributed by atoms with van der Waals surface area (Å²) in [4.78, 5) is 21.6. The molecule has 2 saturated heterocycles. The maximum atomic E-state index is 12.5. The number of carbonyl (C=O) groups excluding carboxylic acids is 1. The molecule has 1 atom stereocenters. The Hall–Kier alpha value is -2.16. The van der Waals surface area contributed by atoms with Crippen LogP contribution in [0.3, 0.4) is 0 Å². The Balaban J connectivity index is 1.42. The van der Waals surface area contributed by atoms with Crippen LogP contribution in [0.25, 0.3) is 11.0 Å². The number of anilines is 1. The molecular weight excluding hydrogens is 346 g/mol. The predicted molar refractivity (Wildman–Crippen MR) is 103 cm³/mol. The summed E-state index contributed by atoms with van der Waals surface area (Å²) in [6.07, 6.45) is 0.470. The molecule has 1 aromatic carbocycles. The van der Waals surface area contributed by atoms with Gasteiger partial charge in [-0.25, -0.2) is 4.98 Å². The average molecular weight is 373 g/mol. The Labute approximate surface area is 158 Å². The summed E-state index contributed by atoms with van der Waals surface area (Å²) in [5.41, 5.74) is 2.40. The first-order chi connectivity index (χ1) is 13.1. The van der Waals surface area contributed by atoms with Crippen LogP contribution in [0, 0.1) is 0 Å². The normalized spacial score (nSPS) is 21.1. The number of hydrogen-bond donors (Lipinski definition) is 2. The van der Waals surface area contributed by atoms with Crippen LogP contribution in [0.2, 0.25) is 0 Å². The molecule has 146 valence electrons. The summed E-state index contributed by atoms with van der Waals surface area (Å²) in [7, 11) is 1.97. The Morgan fingerprint density at radius 3 is 2.89 bits per heavy atom. The zero-order valence-corrected chi connectivity index (χ0v) is 15.7. The van der Waals surface area contributed by atoms with Gasteiger partial charge in [0, 0.05) is 51.9 Å². The van der Waals surface area contributed by atoms with Crippen molar-refractivity contribution in [1.29, 1.82) is 0 Å². The summed E-state index contributed by atoms with van der Waals surface area (Å²) in [5.74, 6) is 0.764. The molecular formula is C19H27N5O3. The van der Waals surface area contributed by atoms with E-state index in [1.165, 1.54) is 0 Å². The Morgan fingerprint density at radius 2 is 2.15 bits per heavy atom. The highest BCUT2D eigenvalue weighted by atomic mass is 16.5. The van der Waals surface area contributed by atoms with Crippen LogP contribution in [-0.2, 0) is 11.8 Å². The topological polar surface area (TPSA) is 82.9 Å². The molecule has 0 bridgehead atoms. The van der Waals surface area contributed by atoms with Gasteiger partial charge in [0.1, 0.15) is 0 Å². The van der Waals surface area contributed by atoms with Crippen molar-refractivity contribution in [3.63, 3.8) is 0 Å². The maximum Gasteiger partial charge on any atom is 0.251 e. The summed E-state index contributed by atoms with van der Waals surface area (Å²) in [6.45, 7) is 6.23. The molecule has 1 amide bonds. The SMILES string of the molecule is Cn1c(N2CC[C@H](O)C2)nc2cc(C(=O)NCCN3CCOCC3)ccc21. The lowest BCUT2D eigenvalue weighted by Gasteiger charge is -2.26. The molecule has 2 aliphatic heterocycles. The first-order valence-electron chi connectivity index (χ1n) is 9.59. The zero-order chi connectivity index (χ0) is 18.8. The van der Waals surface area contributed by atoms with Crippen molar-refractivity contribution >= 4 is 22.9 Å². The number of carbonyl (C=O) groups is 1. The number of β-amino-alcohol motifs (C(OH)–C–C–N with tert-alkyl or cyclic N) is 1. The molecule has 2 aromatic rings. The van der Waals surface area contributed by atoms with Gasteiger partial charge in [0.05, 0.1) is 30.4 Å². The minimum absolute atomic E-state index is 0.0750. The lowest BCUT2D eigenvalue weighted by atomic mass is 10.2. The second-order valence-electron chi connectivity index (χ2n) is 7.27. The first-order valence-corrected chi connectivity index (χ1v) is 9.59. The summed E-state index contributed by atoms with van der Waals surface area (Å²) < 4.78 is 7.36. The third-order valence-corrected chi connectivity index (χ3v) is 5.38. The van der Waals surface area contributed by atoms with Crippen molar-refractivity contribution in [3.8, 4) is 0 Å². The molecule has 2 aliphatic rings. The molecule has 2 fully saturated rings. The molecule has 3 heterocycles. The van der Waals surface area contributed by atoms with Gasteiger partial charge in [-0.05, 0) is 24.6 Å². The predicted octanol–water partition coefficient (Wildman–Crippen LogP) is 0.206. The van der Waals surface area contributed by atoms with Gasteiger partial charge >= 0.3 is 0 Å². The monoisotopic (exact) mass is 373 g/mol. The highest BCUT2D eigenvalue weighted by molar-refractivity contribution is 5.97. The van der Waals surface area contributed by atoms with Crippen molar-refractivity contribution in [1.82, 2.24) is 19.8 Å². The van der Waals surface area contributed by atoms with Crippen LogP contribution in [0.1, 0.15) is 16.8 Å². The number of hydrogen-bond acceptors (Lipinski definition) is 6. The van der Waals surface area contributed by atoms with E-state index in [-0.39, 0.29) is 12.0 Å². The number of aliphatic hydroxyl groups is 1. The molecule has 27 heavy (non-hydrogen) atoms. The number of rotatable bonds is 5. The van der Waals surface area contributed by atoms with Gasteiger partial charge in [-0.1, -0.05) is 0 Å². The van der Waals surface area contributed by atoms with Crippen LogP contribution >= 0.6 is 0 Å². The van der Waals surface area contributed by atoms with Crippen LogP contribution in [0.15, 0.2) is 18.2 Å². The fourth-order valence-corrected chi connectivity index (χ4v) is 3.79. The zero-order valence-electron chi connectivity index (χ0n) is 15.7. The summed E-state index contributed by atoms with van der Waals surface area (Å²) in [5, 5.41) is 12.8. The fraction of sp³-hybridized carbons (Fsp3) is 0.579. The number of fused-ring (bicyclic) bond motifs is 1. The van der Waals surface area contributed by atoms with Gasteiger partial charge in [-0.15, -0.1) is 0 Å². The Kier molecular flexibility index (Phi) is 5.29. The summed E-state index contributed by atoms with van der Waals surface area (Å²) >= 11 is 0. The molecule has 0 saturated carbocycles. The van der Waals surface area contributed by atoms with Crippen LogP contribution < -0.4 is 10.2 Å². The highest BCUT2D eigenvalue weighted by Gasteiger charge is 2.24. The largest absolute Gasteiger partial charge is 0.391 e. The molecule has 0 unspecified atom stereocenters. The molecule has 0 radical (unpaired) electrons. The first kappa shape index (κ1) is 18.2. The van der Waals surface area contributed by atoms with E-state index in [9.17, 15) is 9.90 Å². The number of benzene rings is 1. The van der Waals surface area contributed by atoms with Crippen molar-refractivity contribution in [2.24, 2.45) is 7.05 Å². The average Bonchev–Trinajstić information content (AvgIpc) is 3.25. The van der Waals surface area contributed by atoms with Crippen molar-refractivity contribution in [2.75, 3.05) is 57.4 Å². The van der Waals surface area contributed by atoms with E-state index in [0.717, 1.165) is 62.8 Å². The second-order valence-corrected chi connectivity index (χ2v) is 7.27. The van der Waals surface area contributed by atoms with E-state index < -0.39 is 0 Å². The van der Waals surface area contributed by atoms with Crippen LogP contribution in [0.5, 0.6) is 0 Å². The van der Waals surface area contributed by atoms with Crippen molar-refractivity contribution < 1.29 is 14.6 Å². The van der Waals surface area contributed by atoms with Gasteiger partial charge in [0.15, 0.2) is 0 Å². The number of imidazole rings is 1. The van der Waals surface area contributed by atoms with Gasteiger partial charge in [-0.3, -0.25) is 9.69 Å². The lowest BCUT2D eigenvalue weighted by molar-refractivity contribution is 0.0383. The van der Waals surface area contributed by atoms with Gasteiger partial charge < -0.3 is 24.6 Å². The number of amides is 1. The number of aromatic nitrogens is 2. The third kappa shape index (κ3) is 3.92. The number of aryl methyl sites for hydroxylation is 1. The van der Waals surface area contributed by atoms with E-state index >= 15 is 0 Å². The number of aliphatic hydroxyl groups excluding tert-OH is 1. The molecule has 1 aromatic heterocycles. The second kappa shape index (κ2) is 7.84. The van der Waals surface area contributed by atoms with Gasteiger partial charge in [0.2, 0.25) is 5.95 Å². The molecule has 8 heteroatoms. The van der Waals surface area contributed by atoms with E-state index in [0.29, 0.717) is 18.7 Å². The van der Waals surface area contributed by atoms with Gasteiger partial charge in [-0.2, -0.15) is 0 Å². The van der Waals surface area contributed by atoms with Crippen LogP contribution in [-0.4, -0.2) is 84.1 Å². The van der Waals surface area contributed by atoms with E-state index in [1.54, 1.807) is 0 Å². The Morgan fingerprint density at radius 1 is 1.33 bits per heavy atom. The van der Waals surface area contributed by atoms with Crippen LogP contribution in [0.4, 0.5) is 5.95 Å². The van der Waals surface area contributed by atoms with E-state index in [1.807, 2.05) is 29.8 Å². The highest BCUT2D eigenvalue weighted by Crippen LogP contribution is 2.25. The molecule has 0 spiro atoms. The smallest absolute Gasteiger partial charge is 0.251 e. The standard InChI is InChI=1S/C19H27N5O3/c1-22-17-3-2-14(18(26)20-5-7-23-8-10-27-11-9-23)12-16(17)21-19(22)24-6-4-15(25)13-24/h2-3,12,15,25H,4-11,13H2,1H3,(H,20,26)/t15-/m0/s1. The minimum Gasteiger partial charge on any atom is -0.391 e. The van der Waals surface area contributed by atoms with E-state index in [4.69, 9.17) is 9.72 Å². The number of ether oxygens (including phenoxy) is 1. The van der Waals surface area contributed by atoms with E-state index in [2.05, 4.69) is 15.1 Å².